The van der Waals surface area contributed by atoms with Gasteiger partial charge in [-0.05, 0) is 37.0 Å². The van der Waals surface area contributed by atoms with Crippen molar-refractivity contribution in [1.29, 1.82) is 0 Å². The van der Waals surface area contributed by atoms with Gasteiger partial charge < -0.3 is 20.1 Å². The normalized spacial score (nSPS) is 20.6. The van der Waals surface area contributed by atoms with Crippen LogP contribution < -0.4 is 10.1 Å². The smallest absolute Gasteiger partial charge is 0.253 e. The maximum absolute atomic E-state index is 12.3. The van der Waals surface area contributed by atoms with Gasteiger partial charge in [-0.3, -0.25) is 9.59 Å². The highest BCUT2D eigenvalue weighted by Crippen LogP contribution is 2.23. The van der Waals surface area contributed by atoms with E-state index in [1.165, 1.54) is 11.8 Å². The number of rotatable bonds is 5. The Kier molecular flexibility index (Phi) is 6.07. The molecule has 1 heterocycles. The van der Waals surface area contributed by atoms with E-state index < -0.39 is 11.5 Å². The van der Waals surface area contributed by atoms with Crippen LogP contribution in [-0.4, -0.2) is 54.2 Å². The number of benzene rings is 1. The van der Waals surface area contributed by atoms with Crippen LogP contribution in [0.1, 0.15) is 25.3 Å². The topological polar surface area (TPSA) is 78.9 Å². The highest BCUT2D eigenvalue weighted by atomic mass is 35.5. The summed E-state index contributed by atoms with van der Waals surface area (Å²) in [5.41, 5.74) is -0.632. The van der Waals surface area contributed by atoms with Gasteiger partial charge in [-0.2, -0.15) is 0 Å². The summed E-state index contributed by atoms with van der Waals surface area (Å²) in [6, 6.07) is 5.38. The molecule has 0 saturated carbocycles. The number of carbonyl (C=O) groups is 2. The Morgan fingerprint density at radius 2 is 2.21 bits per heavy atom. The van der Waals surface area contributed by atoms with E-state index >= 15 is 0 Å². The first kappa shape index (κ1) is 18.5. The number of likely N-dealkylation sites (tertiary alicyclic amines) is 1. The molecule has 1 fully saturated rings. The molecule has 1 aromatic rings. The molecule has 24 heavy (non-hydrogen) atoms. The van der Waals surface area contributed by atoms with Crippen LogP contribution in [0.5, 0.6) is 5.75 Å². The van der Waals surface area contributed by atoms with E-state index in [-0.39, 0.29) is 12.5 Å². The molecule has 1 aliphatic heterocycles. The number of β-amino-alcohol motifs (C(OH)–C–C–N with tert-alkyl or cyclic N) is 1. The lowest BCUT2D eigenvalue weighted by Gasteiger charge is -2.37. The lowest BCUT2D eigenvalue weighted by atomic mass is 9.91. The number of nitrogens with zero attached hydrogens (tertiary/aromatic N) is 1. The minimum absolute atomic E-state index is 0.0391. The van der Waals surface area contributed by atoms with Crippen molar-refractivity contribution in [3.05, 3.63) is 28.8 Å². The number of methoxy groups -OCH3 is 1. The summed E-state index contributed by atoms with van der Waals surface area (Å²) in [7, 11) is 1.57. The molecule has 132 valence electrons. The molecule has 6 nitrogen and oxygen atoms in total. The fourth-order valence-electron chi connectivity index (χ4n) is 2.82. The predicted molar refractivity (Wildman–Crippen MR) is 91.2 cm³/mol. The van der Waals surface area contributed by atoms with E-state index in [0.29, 0.717) is 43.1 Å². The van der Waals surface area contributed by atoms with E-state index in [1.807, 2.05) is 12.1 Å². The third-order valence-electron chi connectivity index (χ3n) is 4.28. The van der Waals surface area contributed by atoms with Crippen molar-refractivity contribution in [2.24, 2.45) is 0 Å². The number of ether oxygens (including phenoxy) is 1. The Labute approximate surface area is 146 Å². The zero-order chi connectivity index (χ0) is 17.7. The first-order chi connectivity index (χ1) is 11.4. The summed E-state index contributed by atoms with van der Waals surface area (Å²) >= 11 is 6.17. The summed E-state index contributed by atoms with van der Waals surface area (Å²) in [6.45, 7) is 2.41. The number of amides is 2. The van der Waals surface area contributed by atoms with Crippen molar-refractivity contribution in [1.82, 2.24) is 10.2 Å². The molecule has 2 N–H and O–H groups in total. The van der Waals surface area contributed by atoms with Crippen molar-refractivity contribution < 1.29 is 19.4 Å². The molecule has 0 spiro atoms. The molecule has 7 heteroatoms. The average Bonchev–Trinajstić information content (AvgIpc) is 2.56. The molecular formula is C17H23ClN2O4. The molecule has 2 rings (SSSR count). The quantitative estimate of drug-likeness (QED) is 0.837. The first-order valence-corrected chi connectivity index (χ1v) is 8.32. The monoisotopic (exact) mass is 354 g/mol. The molecular weight excluding hydrogens is 332 g/mol. The predicted octanol–water partition coefficient (Wildman–Crippen LogP) is 1.38. The van der Waals surface area contributed by atoms with Gasteiger partial charge in [-0.1, -0.05) is 17.7 Å². The summed E-state index contributed by atoms with van der Waals surface area (Å²) in [5, 5.41) is 13.8. The Bertz CT molecular complexity index is 623. The summed E-state index contributed by atoms with van der Waals surface area (Å²) < 4.78 is 5.10. The van der Waals surface area contributed by atoms with Gasteiger partial charge in [0.25, 0.3) is 5.91 Å². The Morgan fingerprint density at radius 1 is 1.46 bits per heavy atom. The number of hydrogen-bond donors (Lipinski definition) is 2. The molecule has 0 bridgehead atoms. The van der Waals surface area contributed by atoms with Crippen LogP contribution >= 0.6 is 11.6 Å². The maximum Gasteiger partial charge on any atom is 0.253 e. The number of halogens is 1. The van der Waals surface area contributed by atoms with Gasteiger partial charge in [0.1, 0.15) is 5.75 Å². The van der Waals surface area contributed by atoms with Crippen molar-refractivity contribution in [3.8, 4) is 5.75 Å². The van der Waals surface area contributed by atoms with Crippen molar-refractivity contribution in [2.75, 3.05) is 26.7 Å². The number of nitrogens with one attached hydrogen (secondary N) is 1. The first-order valence-electron chi connectivity index (χ1n) is 7.94. The molecule has 2 amide bonds. The Balaban J connectivity index is 1.89. The summed E-state index contributed by atoms with van der Waals surface area (Å²) in [6.07, 6.45) is 1.50. The van der Waals surface area contributed by atoms with Crippen LogP contribution in [0.25, 0.3) is 0 Å². The highest BCUT2D eigenvalue weighted by molar-refractivity contribution is 6.31. The van der Waals surface area contributed by atoms with Gasteiger partial charge in [-0.15, -0.1) is 0 Å². The Morgan fingerprint density at radius 3 is 2.83 bits per heavy atom. The standard InChI is InChI=1S/C17H23ClN2O4/c1-12(21)20-9-3-7-17(23,11-20)16(22)19-8-6-13-4-5-14(24-2)10-15(13)18/h4-5,10,23H,3,6-9,11H2,1-2H3,(H,19,22)/t17-/m0/s1. The van der Waals surface area contributed by atoms with Gasteiger partial charge in [0.15, 0.2) is 5.60 Å². The molecule has 0 unspecified atom stereocenters. The zero-order valence-corrected chi connectivity index (χ0v) is 14.7. The van der Waals surface area contributed by atoms with Crippen molar-refractivity contribution in [3.63, 3.8) is 0 Å². The van der Waals surface area contributed by atoms with Gasteiger partial charge in [-0.25, -0.2) is 0 Å². The second-order valence-electron chi connectivity index (χ2n) is 6.04. The third kappa shape index (κ3) is 4.39. The van der Waals surface area contributed by atoms with E-state index in [4.69, 9.17) is 16.3 Å². The average molecular weight is 355 g/mol. The van der Waals surface area contributed by atoms with Crippen molar-refractivity contribution in [2.45, 2.75) is 31.8 Å². The lowest BCUT2D eigenvalue weighted by Crippen LogP contribution is -2.58. The molecule has 1 aliphatic rings. The van der Waals surface area contributed by atoms with Gasteiger partial charge in [0.2, 0.25) is 5.91 Å². The largest absolute Gasteiger partial charge is 0.497 e. The van der Waals surface area contributed by atoms with Crippen LogP contribution in [0.3, 0.4) is 0 Å². The molecule has 0 aromatic heterocycles. The van der Waals surface area contributed by atoms with Crippen LogP contribution in [0, 0.1) is 0 Å². The second kappa shape index (κ2) is 7.85. The molecule has 1 aromatic carbocycles. The Hall–Kier alpha value is -1.79. The SMILES string of the molecule is COc1ccc(CCNC(=O)[C@]2(O)CCCN(C(C)=O)C2)c(Cl)c1. The second-order valence-corrected chi connectivity index (χ2v) is 6.45. The zero-order valence-electron chi connectivity index (χ0n) is 14.0. The fraction of sp³-hybridized carbons (Fsp3) is 0.529. The van der Waals surface area contributed by atoms with Gasteiger partial charge >= 0.3 is 0 Å². The van der Waals surface area contributed by atoms with Crippen LogP contribution in [-0.2, 0) is 16.0 Å². The number of aliphatic hydroxyl groups is 1. The number of carbonyl (C=O) groups excluding carboxylic acids is 2. The van der Waals surface area contributed by atoms with E-state index in [9.17, 15) is 14.7 Å². The summed E-state index contributed by atoms with van der Waals surface area (Å²) in [4.78, 5) is 25.3. The molecule has 0 radical (unpaired) electrons. The van der Waals surface area contributed by atoms with Crippen LogP contribution in [0.4, 0.5) is 0 Å². The third-order valence-corrected chi connectivity index (χ3v) is 4.63. The van der Waals surface area contributed by atoms with E-state index in [0.717, 1.165) is 5.56 Å². The van der Waals surface area contributed by atoms with Gasteiger partial charge in [0, 0.05) is 25.0 Å². The van der Waals surface area contributed by atoms with E-state index in [1.54, 1.807) is 13.2 Å². The van der Waals surface area contributed by atoms with Crippen molar-refractivity contribution >= 4 is 23.4 Å². The van der Waals surface area contributed by atoms with Crippen LogP contribution in [0.15, 0.2) is 18.2 Å². The molecule has 0 aliphatic carbocycles. The highest BCUT2D eigenvalue weighted by Gasteiger charge is 2.40. The minimum atomic E-state index is -1.52. The summed E-state index contributed by atoms with van der Waals surface area (Å²) in [5.74, 6) is 0.0950. The van der Waals surface area contributed by atoms with Gasteiger partial charge in [0.05, 0.1) is 13.7 Å². The number of hydrogen-bond acceptors (Lipinski definition) is 4. The minimum Gasteiger partial charge on any atom is -0.497 e. The fourth-order valence-corrected chi connectivity index (χ4v) is 3.09. The van der Waals surface area contributed by atoms with E-state index in [2.05, 4.69) is 5.32 Å². The molecule has 1 saturated heterocycles. The lowest BCUT2D eigenvalue weighted by molar-refractivity contribution is -0.150. The van der Waals surface area contributed by atoms with Crippen LogP contribution in [0.2, 0.25) is 5.02 Å². The maximum atomic E-state index is 12.3. The number of piperidine rings is 1. The molecule has 1 atom stereocenters.